The lowest BCUT2D eigenvalue weighted by Crippen LogP contribution is -2.11. The van der Waals surface area contributed by atoms with Crippen LogP contribution in [0.25, 0.3) is 21.5 Å². The highest BCUT2D eigenvalue weighted by Crippen LogP contribution is 2.38. The first-order valence-corrected chi connectivity index (χ1v) is 12.9. The first-order chi connectivity index (χ1) is 21.3. The number of hydrogen-bond donors (Lipinski definition) is 0. The fourth-order valence-electron chi connectivity index (χ4n) is 4.72. The Morgan fingerprint density at radius 1 is 0.326 bits per heavy atom. The Morgan fingerprint density at radius 2 is 0.565 bits per heavy atom. The molecular formula is C34H14F12. The van der Waals surface area contributed by atoms with E-state index in [2.05, 4.69) is 23.7 Å². The van der Waals surface area contributed by atoms with Crippen molar-refractivity contribution in [3.05, 3.63) is 129 Å². The fraction of sp³-hybridized carbons (Fsp3) is 0.118. The molecule has 0 nitrogen and oxygen atoms in total. The molecule has 0 heterocycles. The maximum absolute atomic E-state index is 13.4. The minimum atomic E-state index is -5.09. The molecule has 0 aliphatic heterocycles. The normalized spacial score (nSPS) is 12.4. The first-order valence-electron chi connectivity index (χ1n) is 12.9. The van der Waals surface area contributed by atoms with E-state index >= 15 is 0 Å². The van der Waals surface area contributed by atoms with E-state index in [1.165, 1.54) is 24.3 Å². The van der Waals surface area contributed by atoms with Gasteiger partial charge in [-0.1, -0.05) is 72.2 Å². The van der Waals surface area contributed by atoms with Crippen LogP contribution in [0.4, 0.5) is 52.7 Å². The molecule has 0 aliphatic carbocycles. The molecular weight excluding hydrogens is 636 g/mol. The predicted molar refractivity (Wildman–Crippen MR) is 146 cm³/mol. The van der Waals surface area contributed by atoms with Crippen molar-refractivity contribution in [2.24, 2.45) is 0 Å². The van der Waals surface area contributed by atoms with E-state index in [9.17, 15) is 52.7 Å². The quantitative estimate of drug-likeness (QED) is 0.0889. The van der Waals surface area contributed by atoms with Crippen LogP contribution < -0.4 is 0 Å². The summed E-state index contributed by atoms with van der Waals surface area (Å²) in [5, 5.41) is 1.34. The van der Waals surface area contributed by atoms with E-state index < -0.39 is 58.1 Å². The van der Waals surface area contributed by atoms with Crippen LogP contribution in [0.15, 0.2) is 84.9 Å². The Kier molecular flexibility index (Phi) is 7.98. The summed E-state index contributed by atoms with van der Waals surface area (Å²) >= 11 is 0. The van der Waals surface area contributed by atoms with E-state index in [4.69, 9.17) is 0 Å². The Bertz CT molecular complexity index is 1830. The smallest absolute Gasteiger partial charge is 0.166 e. The largest absolute Gasteiger partial charge is 0.416 e. The summed E-state index contributed by atoms with van der Waals surface area (Å²) in [4.78, 5) is 0. The summed E-state index contributed by atoms with van der Waals surface area (Å²) in [7, 11) is 0. The van der Waals surface area contributed by atoms with Crippen LogP contribution in [-0.2, 0) is 24.7 Å². The zero-order chi connectivity index (χ0) is 33.7. The van der Waals surface area contributed by atoms with Crippen LogP contribution in [0, 0.1) is 23.7 Å². The zero-order valence-corrected chi connectivity index (χ0v) is 22.6. The van der Waals surface area contributed by atoms with E-state index in [1.807, 2.05) is 0 Å². The minimum Gasteiger partial charge on any atom is -0.166 e. The van der Waals surface area contributed by atoms with E-state index in [1.54, 1.807) is 24.3 Å². The summed E-state index contributed by atoms with van der Waals surface area (Å²) in [5.41, 5.74) is -6.92. The van der Waals surface area contributed by atoms with Crippen molar-refractivity contribution in [1.29, 1.82) is 0 Å². The number of alkyl halides is 12. The van der Waals surface area contributed by atoms with Crippen molar-refractivity contribution in [2.75, 3.05) is 0 Å². The topological polar surface area (TPSA) is 0 Å². The van der Waals surface area contributed by atoms with E-state index in [0.717, 1.165) is 0 Å². The van der Waals surface area contributed by atoms with Crippen LogP contribution in [0.3, 0.4) is 0 Å². The molecule has 5 aromatic rings. The molecule has 0 aliphatic rings. The lowest BCUT2D eigenvalue weighted by Gasteiger charge is -2.13. The number of rotatable bonds is 0. The Labute approximate surface area is 252 Å². The summed E-state index contributed by atoms with van der Waals surface area (Å²) in [6, 6.07) is 14.3. The predicted octanol–water partition coefficient (Wildman–Crippen LogP) is 10.9. The molecule has 0 bridgehead atoms. The van der Waals surface area contributed by atoms with Crippen molar-refractivity contribution in [3.8, 4) is 23.7 Å². The third-order valence-corrected chi connectivity index (χ3v) is 6.77. The van der Waals surface area contributed by atoms with E-state index in [0.29, 0.717) is 45.8 Å². The number of fused-ring (bicyclic) bond motifs is 2. The second-order valence-corrected chi connectivity index (χ2v) is 9.93. The van der Waals surface area contributed by atoms with Crippen molar-refractivity contribution in [3.63, 3.8) is 0 Å². The van der Waals surface area contributed by atoms with Gasteiger partial charge in [0.15, 0.2) is 0 Å². The van der Waals surface area contributed by atoms with Crippen LogP contribution in [0.1, 0.15) is 44.5 Å². The third kappa shape index (κ3) is 6.76. The standard InChI is InChI=1S/C34H14F12/c35-31(36,37)21-13-19(14-22(17-21)32(38,39)40)9-11-29-25-5-1-2-6-26(25)30(28-8-4-3-7-27(28)29)12-10-20-15-23(33(41,42)43)18-24(16-20)34(44,45)46/h1-8,13-18H. The molecule has 0 radical (unpaired) electrons. The Balaban J connectivity index is 1.73. The Morgan fingerprint density at radius 3 is 0.783 bits per heavy atom. The number of benzene rings is 5. The first kappa shape index (κ1) is 32.3. The summed E-state index contributed by atoms with van der Waals surface area (Å²) in [6.07, 6.45) is -20.3. The molecule has 0 saturated heterocycles. The number of hydrogen-bond acceptors (Lipinski definition) is 0. The van der Waals surface area contributed by atoms with Gasteiger partial charge in [0.25, 0.3) is 0 Å². The molecule has 0 spiro atoms. The average Bonchev–Trinajstić information content (AvgIpc) is 2.96. The van der Waals surface area contributed by atoms with Crippen molar-refractivity contribution < 1.29 is 52.7 Å². The van der Waals surface area contributed by atoms with Gasteiger partial charge in [0, 0.05) is 22.3 Å². The third-order valence-electron chi connectivity index (χ3n) is 6.77. The minimum absolute atomic E-state index is 0.0223. The second kappa shape index (κ2) is 11.4. The lowest BCUT2D eigenvalue weighted by molar-refractivity contribution is -0.144. The van der Waals surface area contributed by atoms with Gasteiger partial charge in [0.2, 0.25) is 0 Å². The van der Waals surface area contributed by atoms with Gasteiger partial charge in [-0.3, -0.25) is 0 Å². The summed E-state index contributed by atoms with van der Waals surface area (Å²) < 4.78 is 161. The van der Waals surface area contributed by atoms with Crippen LogP contribution >= 0.6 is 0 Å². The second-order valence-electron chi connectivity index (χ2n) is 9.93. The van der Waals surface area contributed by atoms with Crippen molar-refractivity contribution in [1.82, 2.24) is 0 Å². The zero-order valence-electron chi connectivity index (χ0n) is 22.6. The van der Waals surface area contributed by atoms with Gasteiger partial charge in [-0.15, -0.1) is 0 Å². The van der Waals surface area contributed by atoms with Gasteiger partial charge in [0.05, 0.1) is 22.3 Å². The average molecular weight is 650 g/mol. The number of halogens is 12. The molecule has 0 N–H and O–H groups in total. The molecule has 0 aromatic heterocycles. The molecule has 0 atom stereocenters. The molecule has 5 rings (SSSR count). The van der Waals surface area contributed by atoms with Crippen LogP contribution in [-0.4, -0.2) is 0 Å². The van der Waals surface area contributed by atoms with Crippen LogP contribution in [0.5, 0.6) is 0 Å². The van der Waals surface area contributed by atoms with Crippen LogP contribution in [0.2, 0.25) is 0 Å². The summed E-state index contributed by atoms with van der Waals surface area (Å²) in [5.74, 6) is 10.1. The molecule has 0 unspecified atom stereocenters. The van der Waals surface area contributed by atoms with Crippen molar-refractivity contribution in [2.45, 2.75) is 24.7 Å². The fourth-order valence-corrected chi connectivity index (χ4v) is 4.72. The van der Waals surface area contributed by atoms with Gasteiger partial charge in [-0.25, -0.2) is 0 Å². The monoisotopic (exact) mass is 650 g/mol. The molecule has 12 heteroatoms. The highest BCUT2D eigenvalue weighted by molar-refractivity contribution is 6.09. The van der Waals surface area contributed by atoms with E-state index in [-0.39, 0.29) is 23.3 Å². The van der Waals surface area contributed by atoms with Gasteiger partial charge in [-0.05, 0) is 57.9 Å². The SMILES string of the molecule is FC(F)(F)c1cc(C#Cc2c3ccccc3c(C#Cc3cc(C(F)(F)F)cc(C(F)(F)F)c3)c3ccccc23)cc(C(F)(F)F)c1. The maximum atomic E-state index is 13.4. The summed E-state index contributed by atoms with van der Waals surface area (Å²) in [6.45, 7) is 0. The van der Waals surface area contributed by atoms with Gasteiger partial charge >= 0.3 is 24.7 Å². The van der Waals surface area contributed by atoms with Gasteiger partial charge in [-0.2, -0.15) is 52.7 Å². The highest BCUT2D eigenvalue weighted by atomic mass is 19.4. The molecule has 46 heavy (non-hydrogen) atoms. The molecule has 234 valence electrons. The highest BCUT2D eigenvalue weighted by Gasteiger charge is 2.38. The molecule has 0 fully saturated rings. The van der Waals surface area contributed by atoms with Gasteiger partial charge < -0.3 is 0 Å². The molecule has 0 saturated carbocycles. The van der Waals surface area contributed by atoms with Gasteiger partial charge in [0.1, 0.15) is 0 Å². The Hall–Kier alpha value is -5.10. The lowest BCUT2D eigenvalue weighted by atomic mass is 9.91. The molecule has 0 amide bonds. The maximum Gasteiger partial charge on any atom is 0.416 e. The van der Waals surface area contributed by atoms with Crippen molar-refractivity contribution >= 4 is 21.5 Å². The molecule has 5 aromatic carbocycles.